The zero-order chi connectivity index (χ0) is 10.1. The monoisotopic (exact) mass is 190 g/mol. The quantitative estimate of drug-likeness (QED) is 0.300. The van der Waals surface area contributed by atoms with Gasteiger partial charge in [-0.2, -0.15) is 0 Å². The molecule has 3 N–H and O–H groups in total. The number of amidine groups is 1. The predicted molar refractivity (Wildman–Crippen MR) is 53.2 cm³/mol. The molecule has 72 valence electrons. The van der Waals surface area contributed by atoms with Crippen molar-refractivity contribution < 1.29 is 5.21 Å². The highest BCUT2D eigenvalue weighted by Crippen LogP contribution is 2.13. The Bertz CT molecular complexity index is 500. The van der Waals surface area contributed by atoms with E-state index in [4.69, 9.17) is 10.9 Å². The van der Waals surface area contributed by atoms with Crippen LogP contribution in [0.2, 0.25) is 0 Å². The third-order valence-corrected chi connectivity index (χ3v) is 2.13. The van der Waals surface area contributed by atoms with Crippen LogP contribution >= 0.6 is 0 Å². The molecule has 1 heterocycles. The van der Waals surface area contributed by atoms with Gasteiger partial charge < -0.3 is 15.5 Å². The Morgan fingerprint density at radius 3 is 3.07 bits per heavy atom. The molecule has 0 saturated heterocycles. The smallest absolute Gasteiger partial charge is 0.170 e. The lowest BCUT2D eigenvalue weighted by Gasteiger charge is -1.98. The molecule has 2 aromatic rings. The van der Waals surface area contributed by atoms with E-state index in [1.165, 1.54) is 0 Å². The molecule has 5 heteroatoms. The molecule has 1 aromatic heterocycles. The predicted octanol–water partition coefficient (Wildman–Crippen LogP) is 0.668. The molecule has 0 atom stereocenters. The van der Waals surface area contributed by atoms with Crippen molar-refractivity contribution in [2.24, 2.45) is 17.9 Å². The van der Waals surface area contributed by atoms with Crippen molar-refractivity contribution in [3.05, 3.63) is 30.1 Å². The number of imidazole rings is 1. The van der Waals surface area contributed by atoms with Crippen molar-refractivity contribution in [3.8, 4) is 0 Å². The molecular formula is C9H10N4O. The van der Waals surface area contributed by atoms with E-state index in [1.807, 2.05) is 17.7 Å². The minimum absolute atomic E-state index is 0.0950. The molecule has 0 saturated carbocycles. The molecule has 5 nitrogen and oxygen atoms in total. The van der Waals surface area contributed by atoms with Crippen molar-refractivity contribution in [1.82, 2.24) is 9.55 Å². The lowest BCUT2D eigenvalue weighted by molar-refractivity contribution is 0.318. The van der Waals surface area contributed by atoms with Gasteiger partial charge in [0.2, 0.25) is 0 Å². The van der Waals surface area contributed by atoms with Gasteiger partial charge in [-0.15, -0.1) is 0 Å². The van der Waals surface area contributed by atoms with E-state index in [-0.39, 0.29) is 5.84 Å². The number of rotatable bonds is 1. The van der Waals surface area contributed by atoms with E-state index in [2.05, 4.69) is 10.1 Å². The fraction of sp³-hybridized carbons (Fsp3) is 0.111. The van der Waals surface area contributed by atoms with Crippen LogP contribution in [-0.4, -0.2) is 20.6 Å². The first-order chi connectivity index (χ1) is 6.72. The topological polar surface area (TPSA) is 76.4 Å². The molecule has 1 aromatic carbocycles. The minimum atomic E-state index is 0.0950. The van der Waals surface area contributed by atoms with Gasteiger partial charge in [0.25, 0.3) is 0 Å². The van der Waals surface area contributed by atoms with Crippen molar-refractivity contribution in [3.63, 3.8) is 0 Å². The first-order valence-electron chi connectivity index (χ1n) is 4.11. The molecule has 0 aliphatic carbocycles. The molecule has 0 spiro atoms. The van der Waals surface area contributed by atoms with Gasteiger partial charge in [-0.25, -0.2) is 4.98 Å². The van der Waals surface area contributed by atoms with Gasteiger partial charge in [-0.05, 0) is 18.2 Å². The summed E-state index contributed by atoms with van der Waals surface area (Å²) in [6.07, 6.45) is 1.72. The largest absolute Gasteiger partial charge is 0.409 e. The first-order valence-corrected chi connectivity index (χ1v) is 4.11. The number of aryl methyl sites for hydroxylation is 1. The fourth-order valence-corrected chi connectivity index (χ4v) is 1.35. The Kier molecular flexibility index (Phi) is 1.85. The maximum absolute atomic E-state index is 8.50. The number of aromatic nitrogens is 2. The summed E-state index contributed by atoms with van der Waals surface area (Å²) in [4.78, 5) is 4.17. The fourth-order valence-electron chi connectivity index (χ4n) is 1.35. The van der Waals surface area contributed by atoms with Crippen molar-refractivity contribution in [2.75, 3.05) is 0 Å². The van der Waals surface area contributed by atoms with Gasteiger partial charge in [0, 0.05) is 12.6 Å². The van der Waals surface area contributed by atoms with Crippen molar-refractivity contribution >= 4 is 16.9 Å². The highest BCUT2D eigenvalue weighted by molar-refractivity contribution is 5.99. The lowest BCUT2D eigenvalue weighted by Crippen LogP contribution is -2.12. The summed E-state index contributed by atoms with van der Waals surface area (Å²) in [5.41, 5.74) is 7.97. The van der Waals surface area contributed by atoms with E-state index >= 15 is 0 Å². The number of oxime groups is 1. The zero-order valence-electron chi connectivity index (χ0n) is 7.68. The average molecular weight is 190 g/mol. The molecule has 0 radical (unpaired) electrons. The average Bonchev–Trinajstić information content (AvgIpc) is 2.59. The van der Waals surface area contributed by atoms with Crippen LogP contribution in [0.5, 0.6) is 0 Å². The van der Waals surface area contributed by atoms with E-state index in [9.17, 15) is 0 Å². The van der Waals surface area contributed by atoms with E-state index in [1.54, 1.807) is 18.5 Å². The van der Waals surface area contributed by atoms with E-state index in [0.29, 0.717) is 5.56 Å². The SMILES string of the molecule is Cn1cnc2cc(/C(N)=N\O)ccc21. The molecule has 0 aliphatic heterocycles. The summed E-state index contributed by atoms with van der Waals surface area (Å²) in [6.45, 7) is 0. The minimum Gasteiger partial charge on any atom is -0.409 e. The second-order valence-electron chi connectivity index (χ2n) is 3.04. The Labute approximate surface area is 80.5 Å². The maximum atomic E-state index is 8.50. The van der Waals surface area contributed by atoms with Crippen LogP contribution in [0, 0.1) is 0 Å². The molecule has 0 bridgehead atoms. The number of fused-ring (bicyclic) bond motifs is 1. The van der Waals surface area contributed by atoms with Crippen LogP contribution in [0.15, 0.2) is 29.7 Å². The molecule has 0 aliphatic rings. The number of hydrogen-bond donors (Lipinski definition) is 2. The van der Waals surface area contributed by atoms with Gasteiger partial charge in [-0.3, -0.25) is 0 Å². The Hall–Kier alpha value is -2.04. The Morgan fingerprint density at radius 2 is 2.36 bits per heavy atom. The van der Waals surface area contributed by atoms with Crippen molar-refractivity contribution in [2.45, 2.75) is 0 Å². The molecule has 0 fully saturated rings. The number of nitrogens with two attached hydrogens (primary N) is 1. The molecule has 14 heavy (non-hydrogen) atoms. The molecule has 0 amide bonds. The van der Waals surface area contributed by atoms with Crippen LogP contribution in [0.25, 0.3) is 11.0 Å². The molecule has 0 unspecified atom stereocenters. The van der Waals surface area contributed by atoms with Gasteiger partial charge >= 0.3 is 0 Å². The highest BCUT2D eigenvalue weighted by Gasteiger charge is 2.03. The summed E-state index contributed by atoms with van der Waals surface area (Å²) in [5, 5.41) is 11.4. The third kappa shape index (κ3) is 1.19. The summed E-state index contributed by atoms with van der Waals surface area (Å²) in [5.74, 6) is 0.0950. The first kappa shape index (κ1) is 8.55. The molecular weight excluding hydrogens is 180 g/mol. The van der Waals surface area contributed by atoms with E-state index < -0.39 is 0 Å². The number of hydrogen-bond acceptors (Lipinski definition) is 3. The number of benzene rings is 1. The summed E-state index contributed by atoms with van der Waals surface area (Å²) < 4.78 is 1.91. The summed E-state index contributed by atoms with van der Waals surface area (Å²) >= 11 is 0. The lowest BCUT2D eigenvalue weighted by atomic mass is 10.2. The summed E-state index contributed by atoms with van der Waals surface area (Å²) in [7, 11) is 1.92. The molecule has 2 rings (SSSR count). The zero-order valence-corrected chi connectivity index (χ0v) is 7.68. The number of nitrogens with zero attached hydrogens (tertiary/aromatic N) is 3. The third-order valence-electron chi connectivity index (χ3n) is 2.13. The highest BCUT2D eigenvalue weighted by atomic mass is 16.4. The van der Waals surface area contributed by atoms with Crippen LogP contribution in [0.4, 0.5) is 0 Å². The Balaban J connectivity index is 2.63. The van der Waals surface area contributed by atoms with Crippen molar-refractivity contribution in [1.29, 1.82) is 0 Å². The van der Waals surface area contributed by atoms with Crippen LogP contribution in [0.3, 0.4) is 0 Å². The second-order valence-corrected chi connectivity index (χ2v) is 3.04. The van der Waals surface area contributed by atoms with Gasteiger partial charge in [0.15, 0.2) is 5.84 Å². The Morgan fingerprint density at radius 1 is 1.57 bits per heavy atom. The van der Waals surface area contributed by atoms with Gasteiger partial charge in [-0.1, -0.05) is 5.16 Å². The van der Waals surface area contributed by atoms with E-state index in [0.717, 1.165) is 11.0 Å². The van der Waals surface area contributed by atoms with Crippen LogP contribution in [-0.2, 0) is 7.05 Å². The van der Waals surface area contributed by atoms with Gasteiger partial charge in [0.1, 0.15) is 0 Å². The normalized spacial score (nSPS) is 12.2. The maximum Gasteiger partial charge on any atom is 0.170 e. The van der Waals surface area contributed by atoms with Crippen LogP contribution < -0.4 is 5.73 Å². The standard InChI is InChI=1S/C9H10N4O/c1-13-5-11-7-4-6(9(10)12-14)2-3-8(7)13/h2-5,14H,1H3,(H2,10,12). The van der Waals surface area contributed by atoms with Gasteiger partial charge in [0.05, 0.1) is 17.4 Å². The summed E-state index contributed by atoms with van der Waals surface area (Å²) in [6, 6.07) is 5.46. The second kappa shape index (κ2) is 3.02. The van der Waals surface area contributed by atoms with Crippen LogP contribution in [0.1, 0.15) is 5.56 Å².